The molecule has 0 atom stereocenters. The Hall–Kier alpha value is -0.570. The summed E-state index contributed by atoms with van der Waals surface area (Å²) < 4.78 is 0. The zero-order chi connectivity index (χ0) is 13.5. The predicted molar refractivity (Wildman–Crippen MR) is 73.8 cm³/mol. The van der Waals surface area contributed by atoms with Gasteiger partial charge in [-0.15, -0.1) is 0 Å². The Bertz CT molecular complexity index is 222. The lowest BCUT2D eigenvalue weighted by molar-refractivity contribution is -0.132. The number of nitrogens with two attached hydrogens (primary N) is 1. The third kappa shape index (κ3) is 6.06. The fourth-order valence-corrected chi connectivity index (χ4v) is 2.18. The zero-order valence-electron chi connectivity index (χ0n) is 12.3. The van der Waals surface area contributed by atoms with Gasteiger partial charge >= 0.3 is 0 Å². The minimum Gasteiger partial charge on any atom is -0.343 e. The number of carbonyl (C=O) groups is 1. The molecular formula is C14H30N2O. The number of hydrogen-bond donors (Lipinski definition) is 1. The van der Waals surface area contributed by atoms with Crippen LogP contribution in [0.15, 0.2) is 0 Å². The van der Waals surface area contributed by atoms with Crippen molar-refractivity contribution in [2.75, 3.05) is 13.6 Å². The highest BCUT2D eigenvalue weighted by molar-refractivity contribution is 5.76. The average molecular weight is 242 g/mol. The second-order valence-electron chi connectivity index (χ2n) is 5.68. The van der Waals surface area contributed by atoms with Crippen LogP contribution in [-0.2, 0) is 4.79 Å². The maximum Gasteiger partial charge on any atom is 0.222 e. The minimum absolute atomic E-state index is 0.180. The van der Waals surface area contributed by atoms with Gasteiger partial charge in [0.1, 0.15) is 0 Å². The summed E-state index contributed by atoms with van der Waals surface area (Å²) in [5.41, 5.74) is 5.76. The molecule has 0 aromatic rings. The molecule has 0 bridgehead atoms. The second kappa shape index (κ2) is 7.70. The quantitative estimate of drug-likeness (QED) is 0.711. The molecule has 0 fully saturated rings. The van der Waals surface area contributed by atoms with Gasteiger partial charge in [0.05, 0.1) is 0 Å². The van der Waals surface area contributed by atoms with Crippen molar-refractivity contribution in [3.63, 3.8) is 0 Å². The Balaban J connectivity index is 4.17. The zero-order valence-corrected chi connectivity index (χ0v) is 12.3. The Labute approximate surface area is 107 Å². The first-order chi connectivity index (χ1) is 7.87. The molecule has 0 aliphatic heterocycles. The molecule has 17 heavy (non-hydrogen) atoms. The lowest BCUT2D eigenvalue weighted by Crippen LogP contribution is -2.36. The van der Waals surface area contributed by atoms with Crippen molar-refractivity contribution in [3.05, 3.63) is 0 Å². The fraction of sp³-hybridized carbons (Fsp3) is 0.929. The lowest BCUT2D eigenvalue weighted by Gasteiger charge is -2.29. The Morgan fingerprint density at radius 2 is 1.76 bits per heavy atom. The molecule has 0 rings (SSSR count). The Morgan fingerprint density at radius 1 is 1.24 bits per heavy atom. The van der Waals surface area contributed by atoms with Gasteiger partial charge in [-0.2, -0.15) is 0 Å². The molecule has 0 aromatic heterocycles. The van der Waals surface area contributed by atoms with E-state index >= 15 is 0 Å². The normalized spacial score (nSPS) is 11.9. The van der Waals surface area contributed by atoms with Crippen molar-refractivity contribution < 1.29 is 4.79 Å². The topological polar surface area (TPSA) is 46.3 Å². The molecule has 0 spiro atoms. The van der Waals surface area contributed by atoms with Gasteiger partial charge in [-0.05, 0) is 37.6 Å². The Kier molecular flexibility index (Phi) is 7.44. The van der Waals surface area contributed by atoms with Gasteiger partial charge in [-0.3, -0.25) is 4.79 Å². The summed E-state index contributed by atoms with van der Waals surface area (Å²) in [6, 6.07) is 0.389. The van der Waals surface area contributed by atoms with Crippen LogP contribution in [0, 0.1) is 5.41 Å². The van der Waals surface area contributed by atoms with E-state index in [2.05, 4.69) is 27.7 Å². The van der Waals surface area contributed by atoms with E-state index in [1.807, 2.05) is 11.9 Å². The van der Waals surface area contributed by atoms with Gasteiger partial charge in [-0.1, -0.05) is 27.7 Å². The van der Waals surface area contributed by atoms with Crippen molar-refractivity contribution >= 4 is 5.91 Å². The molecule has 102 valence electrons. The SMILES string of the molecule is CCC(CC)N(C)C(=O)CCC(C)(C)CCN. The van der Waals surface area contributed by atoms with Gasteiger partial charge in [0.25, 0.3) is 0 Å². The van der Waals surface area contributed by atoms with Crippen LogP contribution >= 0.6 is 0 Å². The van der Waals surface area contributed by atoms with Crippen LogP contribution in [0.5, 0.6) is 0 Å². The molecule has 0 unspecified atom stereocenters. The molecular weight excluding hydrogens is 212 g/mol. The van der Waals surface area contributed by atoms with Crippen LogP contribution in [-0.4, -0.2) is 30.4 Å². The summed E-state index contributed by atoms with van der Waals surface area (Å²) in [6.07, 6.45) is 4.61. The molecule has 1 amide bonds. The monoisotopic (exact) mass is 242 g/mol. The summed E-state index contributed by atoms with van der Waals surface area (Å²) in [7, 11) is 1.93. The van der Waals surface area contributed by atoms with Crippen LogP contribution in [0.25, 0.3) is 0 Å². The second-order valence-corrected chi connectivity index (χ2v) is 5.68. The molecule has 3 nitrogen and oxygen atoms in total. The standard InChI is InChI=1S/C14H30N2O/c1-6-12(7-2)16(5)13(17)8-9-14(3,4)10-11-15/h12H,6-11,15H2,1-5H3. The van der Waals surface area contributed by atoms with E-state index in [4.69, 9.17) is 5.73 Å². The van der Waals surface area contributed by atoms with E-state index in [0.29, 0.717) is 19.0 Å². The van der Waals surface area contributed by atoms with Gasteiger partial charge in [-0.25, -0.2) is 0 Å². The van der Waals surface area contributed by atoms with Crippen molar-refractivity contribution in [3.8, 4) is 0 Å². The van der Waals surface area contributed by atoms with E-state index < -0.39 is 0 Å². The molecule has 0 aliphatic rings. The summed E-state index contributed by atoms with van der Waals surface area (Å²) in [6.45, 7) is 9.34. The largest absolute Gasteiger partial charge is 0.343 e. The van der Waals surface area contributed by atoms with Gasteiger partial charge in [0, 0.05) is 19.5 Å². The maximum atomic E-state index is 12.0. The molecule has 0 saturated carbocycles. The number of amides is 1. The van der Waals surface area contributed by atoms with Crippen molar-refractivity contribution in [1.82, 2.24) is 4.90 Å². The third-order valence-electron chi connectivity index (χ3n) is 3.72. The first kappa shape index (κ1) is 16.4. The number of hydrogen-bond acceptors (Lipinski definition) is 2. The summed E-state index contributed by atoms with van der Waals surface area (Å²) in [5, 5.41) is 0. The van der Waals surface area contributed by atoms with Gasteiger partial charge in [0.2, 0.25) is 5.91 Å². The highest BCUT2D eigenvalue weighted by atomic mass is 16.2. The van der Waals surface area contributed by atoms with E-state index in [0.717, 1.165) is 25.7 Å². The highest BCUT2D eigenvalue weighted by Gasteiger charge is 2.21. The van der Waals surface area contributed by atoms with Crippen LogP contribution in [0.3, 0.4) is 0 Å². The number of rotatable bonds is 8. The third-order valence-corrected chi connectivity index (χ3v) is 3.72. The van der Waals surface area contributed by atoms with Gasteiger partial charge < -0.3 is 10.6 Å². The van der Waals surface area contributed by atoms with Crippen LogP contribution < -0.4 is 5.73 Å². The number of carbonyl (C=O) groups excluding carboxylic acids is 1. The smallest absolute Gasteiger partial charge is 0.222 e. The first-order valence-corrected chi connectivity index (χ1v) is 6.83. The van der Waals surface area contributed by atoms with E-state index in [-0.39, 0.29) is 11.3 Å². The fourth-order valence-electron chi connectivity index (χ4n) is 2.18. The van der Waals surface area contributed by atoms with Crippen LogP contribution in [0.1, 0.15) is 59.8 Å². The van der Waals surface area contributed by atoms with E-state index in [1.165, 1.54) is 0 Å². The summed E-state index contributed by atoms with van der Waals surface area (Å²) in [4.78, 5) is 14.0. The number of nitrogens with zero attached hydrogens (tertiary/aromatic N) is 1. The predicted octanol–water partition coefficient (Wildman–Crippen LogP) is 2.79. The average Bonchev–Trinajstić information content (AvgIpc) is 2.27. The molecule has 0 saturated heterocycles. The minimum atomic E-state index is 0.180. The van der Waals surface area contributed by atoms with E-state index in [9.17, 15) is 4.79 Å². The highest BCUT2D eigenvalue weighted by Crippen LogP contribution is 2.26. The summed E-state index contributed by atoms with van der Waals surface area (Å²) >= 11 is 0. The lowest BCUT2D eigenvalue weighted by atomic mass is 9.84. The molecule has 0 aromatic carbocycles. The molecule has 0 aliphatic carbocycles. The van der Waals surface area contributed by atoms with Crippen LogP contribution in [0.2, 0.25) is 0 Å². The van der Waals surface area contributed by atoms with Crippen molar-refractivity contribution in [1.29, 1.82) is 0 Å². The first-order valence-electron chi connectivity index (χ1n) is 6.83. The van der Waals surface area contributed by atoms with Crippen molar-refractivity contribution in [2.45, 2.75) is 65.8 Å². The molecule has 3 heteroatoms. The van der Waals surface area contributed by atoms with Crippen LogP contribution in [0.4, 0.5) is 0 Å². The molecule has 0 heterocycles. The van der Waals surface area contributed by atoms with Gasteiger partial charge in [0.15, 0.2) is 0 Å². The maximum absolute atomic E-state index is 12.0. The van der Waals surface area contributed by atoms with Crippen molar-refractivity contribution in [2.24, 2.45) is 11.1 Å². The summed E-state index contributed by atoms with van der Waals surface area (Å²) in [5.74, 6) is 0.267. The van der Waals surface area contributed by atoms with E-state index in [1.54, 1.807) is 0 Å². The molecule has 0 radical (unpaired) electrons. The molecule has 2 N–H and O–H groups in total. The Morgan fingerprint density at radius 3 is 2.18 bits per heavy atom.